The van der Waals surface area contributed by atoms with Crippen molar-refractivity contribution in [1.82, 2.24) is 15.5 Å². The van der Waals surface area contributed by atoms with Crippen LogP contribution in [0.2, 0.25) is 0 Å². The highest BCUT2D eigenvalue weighted by atomic mass is 32.1. The fourth-order valence-electron chi connectivity index (χ4n) is 3.04. The van der Waals surface area contributed by atoms with Crippen LogP contribution in [0.3, 0.4) is 0 Å². The number of nitrogens with two attached hydrogens (primary N) is 1. The van der Waals surface area contributed by atoms with E-state index in [-0.39, 0.29) is 0 Å². The minimum absolute atomic E-state index is 0.543. The summed E-state index contributed by atoms with van der Waals surface area (Å²) < 4.78 is 0. The molecule has 0 spiro atoms. The second-order valence-electron chi connectivity index (χ2n) is 6.02. The second-order valence-corrected chi connectivity index (χ2v) is 7.12. The number of piperidine rings is 1. The lowest BCUT2D eigenvalue weighted by atomic mass is 10.0. The van der Waals surface area contributed by atoms with Gasteiger partial charge in [0.1, 0.15) is 5.01 Å². The molecule has 2 aromatic rings. The van der Waals surface area contributed by atoms with Gasteiger partial charge in [0.05, 0.1) is 6.54 Å². The Balaban J connectivity index is 1.51. The zero-order valence-electron chi connectivity index (χ0n) is 13.2. The Bertz CT molecular complexity index is 611. The van der Waals surface area contributed by atoms with Crippen LogP contribution >= 0.6 is 11.3 Å². The average molecular weight is 317 g/mol. The third-order valence-corrected chi connectivity index (χ3v) is 4.84. The molecule has 2 heterocycles. The normalized spacial score (nSPS) is 16.2. The summed E-state index contributed by atoms with van der Waals surface area (Å²) in [7, 11) is 0. The summed E-state index contributed by atoms with van der Waals surface area (Å²) >= 11 is 1.46. The van der Waals surface area contributed by atoms with Crippen LogP contribution in [0.4, 0.5) is 10.8 Å². The minimum Gasteiger partial charge on any atom is -0.374 e. The van der Waals surface area contributed by atoms with Gasteiger partial charge < -0.3 is 16.0 Å². The van der Waals surface area contributed by atoms with E-state index in [0.717, 1.165) is 37.5 Å². The van der Waals surface area contributed by atoms with Gasteiger partial charge in [0.25, 0.3) is 0 Å². The summed E-state index contributed by atoms with van der Waals surface area (Å²) in [5.74, 6) is 0. The van der Waals surface area contributed by atoms with Gasteiger partial charge in [-0.2, -0.15) is 0 Å². The first-order valence-corrected chi connectivity index (χ1v) is 8.56. The smallest absolute Gasteiger partial charge is 0.203 e. The number of benzene rings is 1. The van der Waals surface area contributed by atoms with E-state index in [9.17, 15) is 0 Å². The molecule has 0 bridgehead atoms. The Labute approximate surface area is 135 Å². The molecule has 1 aliphatic heterocycles. The highest BCUT2D eigenvalue weighted by Crippen LogP contribution is 2.23. The lowest BCUT2D eigenvalue weighted by Crippen LogP contribution is -2.42. The number of nitrogens with zero attached hydrogens (tertiary/aromatic N) is 3. The zero-order valence-corrected chi connectivity index (χ0v) is 14.0. The molecule has 0 amide bonds. The van der Waals surface area contributed by atoms with Gasteiger partial charge in [-0.05, 0) is 49.9 Å². The molecule has 0 radical (unpaired) electrons. The van der Waals surface area contributed by atoms with Gasteiger partial charge in [0.2, 0.25) is 5.13 Å². The van der Waals surface area contributed by atoms with Crippen LogP contribution in [0, 0.1) is 13.8 Å². The lowest BCUT2D eigenvalue weighted by molar-refractivity contribution is 0.413. The van der Waals surface area contributed by atoms with Crippen LogP contribution in [-0.4, -0.2) is 29.3 Å². The molecule has 118 valence electrons. The Morgan fingerprint density at radius 2 is 1.86 bits per heavy atom. The molecule has 0 atom stereocenters. The third-order valence-electron chi connectivity index (χ3n) is 4.09. The van der Waals surface area contributed by atoms with E-state index in [1.54, 1.807) is 0 Å². The monoisotopic (exact) mass is 317 g/mol. The highest BCUT2D eigenvalue weighted by Gasteiger charge is 2.19. The van der Waals surface area contributed by atoms with Crippen LogP contribution in [-0.2, 0) is 6.54 Å². The first-order chi connectivity index (χ1) is 10.6. The molecule has 1 aromatic heterocycles. The van der Waals surface area contributed by atoms with Crippen molar-refractivity contribution in [3.8, 4) is 0 Å². The maximum Gasteiger partial charge on any atom is 0.203 e. The summed E-state index contributed by atoms with van der Waals surface area (Å²) in [5.41, 5.74) is 9.63. The molecule has 6 heteroatoms. The molecule has 1 saturated heterocycles. The van der Waals surface area contributed by atoms with Gasteiger partial charge in [-0.1, -0.05) is 17.4 Å². The molecule has 22 heavy (non-hydrogen) atoms. The van der Waals surface area contributed by atoms with Crippen LogP contribution in [0.5, 0.6) is 0 Å². The number of hydrogen-bond donors (Lipinski definition) is 2. The SMILES string of the molecule is Cc1cc(C)cc(N2CCC(NCc3nnc(N)s3)CC2)c1. The van der Waals surface area contributed by atoms with Crippen LogP contribution in [0.25, 0.3) is 0 Å². The van der Waals surface area contributed by atoms with Crippen molar-refractivity contribution in [2.45, 2.75) is 39.3 Å². The van der Waals surface area contributed by atoms with E-state index in [1.807, 2.05) is 0 Å². The predicted molar refractivity (Wildman–Crippen MR) is 92.3 cm³/mol. The number of rotatable bonds is 4. The molecular formula is C16H23N5S. The van der Waals surface area contributed by atoms with Gasteiger partial charge in [-0.15, -0.1) is 10.2 Å². The summed E-state index contributed by atoms with van der Waals surface area (Å²) in [5, 5.41) is 13.0. The summed E-state index contributed by atoms with van der Waals surface area (Å²) in [6.45, 7) is 7.29. The number of anilines is 2. The van der Waals surface area contributed by atoms with Crippen molar-refractivity contribution in [3.63, 3.8) is 0 Å². The Morgan fingerprint density at radius 3 is 2.45 bits per heavy atom. The van der Waals surface area contributed by atoms with E-state index < -0.39 is 0 Å². The average Bonchev–Trinajstić information content (AvgIpc) is 2.90. The molecule has 0 saturated carbocycles. The Morgan fingerprint density at radius 1 is 1.18 bits per heavy atom. The Hall–Kier alpha value is -1.66. The van der Waals surface area contributed by atoms with Crippen molar-refractivity contribution < 1.29 is 0 Å². The molecule has 1 aromatic carbocycles. The first kappa shape index (κ1) is 15.2. The highest BCUT2D eigenvalue weighted by molar-refractivity contribution is 7.15. The molecule has 1 aliphatic rings. The molecular weight excluding hydrogens is 294 g/mol. The maximum atomic E-state index is 5.60. The van der Waals surface area contributed by atoms with Crippen molar-refractivity contribution in [3.05, 3.63) is 34.3 Å². The van der Waals surface area contributed by atoms with Gasteiger partial charge in [-0.25, -0.2) is 0 Å². The van der Waals surface area contributed by atoms with Gasteiger partial charge in [-0.3, -0.25) is 0 Å². The van der Waals surface area contributed by atoms with Crippen molar-refractivity contribution in [1.29, 1.82) is 0 Å². The number of nitrogens with one attached hydrogen (secondary N) is 1. The molecule has 5 nitrogen and oxygen atoms in total. The number of aryl methyl sites for hydroxylation is 2. The topological polar surface area (TPSA) is 67.1 Å². The van der Waals surface area contributed by atoms with E-state index >= 15 is 0 Å². The fourth-order valence-corrected chi connectivity index (χ4v) is 3.60. The molecule has 1 fully saturated rings. The predicted octanol–water partition coefficient (Wildman–Crippen LogP) is 2.50. The molecule has 0 aliphatic carbocycles. The van der Waals surface area contributed by atoms with Crippen molar-refractivity contribution in [2.75, 3.05) is 23.7 Å². The van der Waals surface area contributed by atoms with E-state index in [4.69, 9.17) is 5.73 Å². The third kappa shape index (κ3) is 3.75. The van der Waals surface area contributed by atoms with E-state index in [1.165, 1.54) is 28.2 Å². The van der Waals surface area contributed by atoms with Crippen molar-refractivity contribution in [2.24, 2.45) is 0 Å². The zero-order chi connectivity index (χ0) is 15.5. The van der Waals surface area contributed by atoms with Gasteiger partial charge in [0, 0.05) is 24.8 Å². The summed E-state index contributed by atoms with van der Waals surface area (Å²) in [6.07, 6.45) is 2.31. The van der Waals surface area contributed by atoms with E-state index in [0.29, 0.717) is 11.2 Å². The van der Waals surface area contributed by atoms with Crippen LogP contribution in [0.15, 0.2) is 18.2 Å². The molecule has 0 unspecified atom stereocenters. The van der Waals surface area contributed by atoms with Crippen LogP contribution < -0.4 is 16.0 Å². The summed E-state index contributed by atoms with van der Waals surface area (Å²) in [6, 6.07) is 7.34. The lowest BCUT2D eigenvalue weighted by Gasteiger charge is -2.34. The quantitative estimate of drug-likeness (QED) is 0.907. The molecule has 3 N–H and O–H groups in total. The second kappa shape index (κ2) is 6.62. The molecule has 3 rings (SSSR count). The number of nitrogen functional groups attached to an aromatic ring is 1. The minimum atomic E-state index is 0.543. The van der Waals surface area contributed by atoms with Crippen molar-refractivity contribution >= 4 is 22.2 Å². The van der Waals surface area contributed by atoms with E-state index in [2.05, 4.69) is 52.5 Å². The summed E-state index contributed by atoms with van der Waals surface area (Å²) in [4.78, 5) is 2.49. The van der Waals surface area contributed by atoms with Gasteiger partial charge >= 0.3 is 0 Å². The maximum absolute atomic E-state index is 5.60. The Kier molecular flexibility index (Phi) is 4.59. The first-order valence-electron chi connectivity index (χ1n) is 7.74. The van der Waals surface area contributed by atoms with Crippen LogP contribution in [0.1, 0.15) is 29.0 Å². The number of aromatic nitrogens is 2. The standard InChI is InChI=1S/C16H23N5S/c1-11-7-12(2)9-14(8-11)21-5-3-13(4-6-21)18-10-15-19-20-16(17)22-15/h7-9,13,18H,3-6,10H2,1-2H3,(H2,17,20). The fraction of sp³-hybridized carbons (Fsp3) is 0.500. The van der Waals surface area contributed by atoms with Gasteiger partial charge in [0.15, 0.2) is 0 Å². The largest absolute Gasteiger partial charge is 0.374 e. The number of hydrogen-bond acceptors (Lipinski definition) is 6.